The molecular weight excluding hydrogens is 298 g/mol. The summed E-state index contributed by atoms with van der Waals surface area (Å²) >= 11 is 3.55. The van der Waals surface area contributed by atoms with Crippen LogP contribution in [-0.2, 0) is 24.8 Å². The van der Waals surface area contributed by atoms with Crippen molar-refractivity contribution < 1.29 is 9.90 Å². The van der Waals surface area contributed by atoms with Gasteiger partial charge in [-0.2, -0.15) is 5.10 Å². The molecule has 0 aliphatic carbocycles. The number of carboxylic acids is 1. The van der Waals surface area contributed by atoms with E-state index in [0.29, 0.717) is 6.54 Å². The average Bonchev–Trinajstić information content (AvgIpc) is 2.56. The molecule has 0 fully saturated rings. The highest BCUT2D eigenvalue weighted by molar-refractivity contribution is 9.10. The minimum Gasteiger partial charge on any atom is -0.480 e. The number of hydrogen-bond donors (Lipinski definition) is 1. The molecule has 0 amide bonds. The Morgan fingerprint density at radius 2 is 2.17 bits per heavy atom. The molecule has 0 aromatic carbocycles. The van der Waals surface area contributed by atoms with Gasteiger partial charge in [-0.3, -0.25) is 14.4 Å². The molecule has 1 rings (SSSR count). The number of aliphatic carboxylic acids is 1. The van der Waals surface area contributed by atoms with Crippen molar-refractivity contribution >= 4 is 21.9 Å². The van der Waals surface area contributed by atoms with Crippen molar-refractivity contribution in [2.45, 2.75) is 33.2 Å². The van der Waals surface area contributed by atoms with Crippen LogP contribution in [0, 0.1) is 0 Å². The summed E-state index contributed by atoms with van der Waals surface area (Å²) in [6.07, 6.45) is 1.80. The maximum atomic E-state index is 10.8. The maximum absolute atomic E-state index is 10.8. The van der Waals surface area contributed by atoms with E-state index < -0.39 is 5.97 Å². The van der Waals surface area contributed by atoms with Crippen LogP contribution in [0.5, 0.6) is 0 Å². The normalized spacial score (nSPS) is 11.2. The van der Waals surface area contributed by atoms with Gasteiger partial charge >= 0.3 is 5.97 Å². The van der Waals surface area contributed by atoms with Crippen molar-refractivity contribution in [2.75, 3.05) is 13.1 Å². The van der Waals surface area contributed by atoms with Crippen LogP contribution in [0.3, 0.4) is 0 Å². The number of nitrogens with zero attached hydrogens (tertiary/aromatic N) is 3. The van der Waals surface area contributed by atoms with Crippen LogP contribution in [0.15, 0.2) is 4.47 Å². The van der Waals surface area contributed by atoms with Gasteiger partial charge in [-0.1, -0.05) is 13.8 Å². The molecule has 0 radical (unpaired) electrons. The van der Waals surface area contributed by atoms with E-state index in [1.807, 2.05) is 23.6 Å². The molecule has 0 saturated heterocycles. The summed E-state index contributed by atoms with van der Waals surface area (Å²) in [4.78, 5) is 12.8. The first kappa shape index (κ1) is 15.2. The quantitative estimate of drug-likeness (QED) is 0.836. The molecule has 6 heteroatoms. The molecule has 0 spiro atoms. The monoisotopic (exact) mass is 317 g/mol. The minimum atomic E-state index is -0.794. The van der Waals surface area contributed by atoms with Crippen molar-refractivity contribution in [1.82, 2.24) is 14.7 Å². The Balaban J connectivity index is 2.85. The minimum absolute atomic E-state index is 0.0624. The highest BCUT2D eigenvalue weighted by atomic mass is 79.9. The van der Waals surface area contributed by atoms with E-state index in [0.717, 1.165) is 35.2 Å². The highest BCUT2D eigenvalue weighted by Crippen LogP contribution is 2.22. The lowest BCUT2D eigenvalue weighted by atomic mass is 10.3. The first-order valence-corrected chi connectivity index (χ1v) is 6.93. The van der Waals surface area contributed by atoms with E-state index in [-0.39, 0.29) is 6.54 Å². The smallest absolute Gasteiger partial charge is 0.317 e. The van der Waals surface area contributed by atoms with Gasteiger partial charge in [0.15, 0.2) is 0 Å². The largest absolute Gasteiger partial charge is 0.480 e. The lowest BCUT2D eigenvalue weighted by Crippen LogP contribution is -2.31. The zero-order valence-electron chi connectivity index (χ0n) is 11.1. The number of rotatable bonds is 7. The molecule has 0 aliphatic heterocycles. The van der Waals surface area contributed by atoms with E-state index in [9.17, 15) is 4.79 Å². The van der Waals surface area contributed by atoms with Crippen molar-refractivity contribution in [3.05, 3.63) is 15.9 Å². The third-order valence-electron chi connectivity index (χ3n) is 2.78. The standard InChI is InChI=1S/C12H20BrN3O2/c1-4-6-16(8-11(17)18)7-10-12(13)9(5-2)14-15(10)3/h4-8H2,1-3H3,(H,17,18). The van der Waals surface area contributed by atoms with Crippen LogP contribution in [-0.4, -0.2) is 38.8 Å². The lowest BCUT2D eigenvalue weighted by molar-refractivity contribution is -0.138. The van der Waals surface area contributed by atoms with E-state index in [2.05, 4.69) is 28.0 Å². The number of carboxylic acid groups (broad SMARTS) is 1. The zero-order chi connectivity index (χ0) is 13.7. The third kappa shape index (κ3) is 3.81. The van der Waals surface area contributed by atoms with E-state index in [1.54, 1.807) is 0 Å². The molecule has 102 valence electrons. The van der Waals surface area contributed by atoms with Crippen LogP contribution in [0.25, 0.3) is 0 Å². The molecule has 1 heterocycles. The fourth-order valence-corrected chi connectivity index (χ4v) is 2.67. The van der Waals surface area contributed by atoms with Gasteiger partial charge in [-0.15, -0.1) is 0 Å². The van der Waals surface area contributed by atoms with Crippen molar-refractivity contribution in [2.24, 2.45) is 7.05 Å². The van der Waals surface area contributed by atoms with Gasteiger partial charge in [0.05, 0.1) is 22.4 Å². The van der Waals surface area contributed by atoms with E-state index >= 15 is 0 Å². The second-order valence-corrected chi connectivity index (χ2v) is 5.08. The molecule has 18 heavy (non-hydrogen) atoms. The second kappa shape index (κ2) is 6.89. The summed E-state index contributed by atoms with van der Waals surface area (Å²) < 4.78 is 2.83. The van der Waals surface area contributed by atoms with Gasteiger partial charge in [0.25, 0.3) is 0 Å². The van der Waals surface area contributed by atoms with Gasteiger partial charge in [-0.25, -0.2) is 0 Å². The highest BCUT2D eigenvalue weighted by Gasteiger charge is 2.17. The number of carbonyl (C=O) groups is 1. The SMILES string of the molecule is CCCN(CC(=O)O)Cc1c(Br)c(CC)nn1C. The number of hydrogen-bond acceptors (Lipinski definition) is 3. The molecule has 1 aromatic rings. The van der Waals surface area contributed by atoms with E-state index in [1.165, 1.54) is 0 Å². The predicted molar refractivity (Wildman–Crippen MR) is 73.5 cm³/mol. The fraction of sp³-hybridized carbons (Fsp3) is 0.667. The molecule has 1 aromatic heterocycles. The van der Waals surface area contributed by atoms with Crippen molar-refractivity contribution in [3.8, 4) is 0 Å². The molecular formula is C12H20BrN3O2. The van der Waals surface area contributed by atoms with Crippen LogP contribution < -0.4 is 0 Å². The third-order valence-corrected chi connectivity index (χ3v) is 3.69. The van der Waals surface area contributed by atoms with Gasteiger partial charge in [-0.05, 0) is 35.3 Å². The lowest BCUT2D eigenvalue weighted by Gasteiger charge is -2.19. The van der Waals surface area contributed by atoms with Crippen LogP contribution in [0.2, 0.25) is 0 Å². The Bertz CT molecular complexity index is 418. The number of halogens is 1. The maximum Gasteiger partial charge on any atom is 0.317 e. The molecule has 0 bridgehead atoms. The van der Waals surface area contributed by atoms with Gasteiger partial charge in [0.2, 0.25) is 0 Å². The van der Waals surface area contributed by atoms with Gasteiger partial charge in [0.1, 0.15) is 0 Å². The Morgan fingerprint density at radius 3 is 2.61 bits per heavy atom. The van der Waals surface area contributed by atoms with Gasteiger partial charge < -0.3 is 5.11 Å². The number of aryl methyl sites for hydroxylation is 2. The molecule has 0 atom stereocenters. The first-order valence-electron chi connectivity index (χ1n) is 6.13. The van der Waals surface area contributed by atoms with Crippen LogP contribution in [0.4, 0.5) is 0 Å². The van der Waals surface area contributed by atoms with Crippen LogP contribution in [0.1, 0.15) is 31.7 Å². The summed E-state index contributed by atoms with van der Waals surface area (Å²) in [5.41, 5.74) is 2.04. The number of aromatic nitrogens is 2. The topological polar surface area (TPSA) is 58.4 Å². The summed E-state index contributed by atoms with van der Waals surface area (Å²) in [6.45, 7) is 5.53. The Kier molecular flexibility index (Phi) is 5.81. The summed E-state index contributed by atoms with van der Waals surface area (Å²) in [5.74, 6) is -0.794. The molecule has 0 saturated carbocycles. The summed E-state index contributed by atoms with van der Waals surface area (Å²) in [5, 5.41) is 13.3. The molecule has 0 aliphatic rings. The van der Waals surface area contributed by atoms with E-state index in [4.69, 9.17) is 5.11 Å². The molecule has 0 unspecified atom stereocenters. The Labute approximate surface area is 116 Å². The van der Waals surface area contributed by atoms with Gasteiger partial charge in [0, 0.05) is 13.6 Å². The summed E-state index contributed by atoms with van der Waals surface area (Å²) in [7, 11) is 1.89. The average molecular weight is 318 g/mol. The molecule has 5 nitrogen and oxygen atoms in total. The van der Waals surface area contributed by atoms with Crippen molar-refractivity contribution in [3.63, 3.8) is 0 Å². The Morgan fingerprint density at radius 1 is 1.50 bits per heavy atom. The second-order valence-electron chi connectivity index (χ2n) is 4.29. The first-order chi connectivity index (χ1) is 8.49. The Hall–Kier alpha value is -0.880. The summed E-state index contributed by atoms with van der Waals surface area (Å²) in [6, 6.07) is 0. The van der Waals surface area contributed by atoms with Crippen LogP contribution >= 0.6 is 15.9 Å². The fourth-order valence-electron chi connectivity index (χ4n) is 1.92. The zero-order valence-corrected chi connectivity index (χ0v) is 12.7. The molecule has 1 N–H and O–H groups in total. The van der Waals surface area contributed by atoms with Crippen molar-refractivity contribution in [1.29, 1.82) is 0 Å². The predicted octanol–water partition coefficient (Wildman–Crippen LogP) is 2.04.